The van der Waals surface area contributed by atoms with Crippen molar-refractivity contribution in [1.29, 1.82) is 0 Å². The Morgan fingerprint density at radius 1 is 1.52 bits per heavy atom. The molecule has 2 aromatic heterocycles. The highest BCUT2D eigenvalue weighted by molar-refractivity contribution is 7.13. The van der Waals surface area contributed by atoms with Gasteiger partial charge in [-0.25, -0.2) is 9.78 Å². The van der Waals surface area contributed by atoms with E-state index in [0.29, 0.717) is 25.0 Å². The lowest BCUT2D eigenvalue weighted by atomic mass is 10.2. The van der Waals surface area contributed by atoms with Crippen molar-refractivity contribution in [3.63, 3.8) is 0 Å². The number of oxazole rings is 1. The molecule has 0 radical (unpaired) electrons. The van der Waals surface area contributed by atoms with Crippen LogP contribution in [-0.4, -0.2) is 41.6 Å². The molecule has 7 heteroatoms. The van der Waals surface area contributed by atoms with Gasteiger partial charge in [0.1, 0.15) is 6.26 Å². The van der Waals surface area contributed by atoms with E-state index in [-0.39, 0.29) is 6.03 Å². The quantitative estimate of drug-likeness (QED) is 0.852. The number of nitrogens with one attached hydrogen (secondary N) is 2. The standard InChI is InChI=1S/C16H22N4O2S/c1-2-20-7-3-5-13(20)10-18-16(21)17-9-12-11-22-15(19-12)14-6-4-8-23-14/h4,6,8,11,13H,2-3,5,7,9-10H2,1H3,(H2,17,18,21). The molecule has 1 saturated heterocycles. The average molecular weight is 334 g/mol. The second-order valence-electron chi connectivity index (χ2n) is 5.61. The van der Waals surface area contributed by atoms with E-state index in [4.69, 9.17) is 4.42 Å². The van der Waals surface area contributed by atoms with Crippen LogP contribution in [-0.2, 0) is 6.54 Å². The van der Waals surface area contributed by atoms with Crippen molar-refractivity contribution in [2.24, 2.45) is 0 Å². The molecule has 0 saturated carbocycles. The van der Waals surface area contributed by atoms with Crippen LogP contribution < -0.4 is 10.6 Å². The zero-order valence-electron chi connectivity index (χ0n) is 13.2. The highest BCUT2D eigenvalue weighted by atomic mass is 32.1. The molecular formula is C16H22N4O2S. The van der Waals surface area contributed by atoms with Crippen molar-refractivity contribution in [3.8, 4) is 10.8 Å². The Bertz CT molecular complexity index is 626. The van der Waals surface area contributed by atoms with Crippen LogP contribution in [0.25, 0.3) is 10.8 Å². The minimum Gasteiger partial charge on any atom is -0.443 e. The zero-order valence-corrected chi connectivity index (χ0v) is 14.1. The fourth-order valence-corrected chi connectivity index (χ4v) is 3.54. The van der Waals surface area contributed by atoms with Gasteiger partial charge < -0.3 is 15.1 Å². The van der Waals surface area contributed by atoms with Crippen molar-refractivity contribution in [2.45, 2.75) is 32.4 Å². The van der Waals surface area contributed by atoms with E-state index in [0.717, 1.165) is 30.1 Å². The summed E-state index contributed by atoms with van der Waals surface area (Å²) in [5.41, 5.74) is 0.722. The number of carbonyl (C=O) groups excluding carboxylic acids is 1. The summed E-state index contributed by atoms with van der Waals surface area (Å²) < 4.78 is 5.43. The molecule has 2 aromatic rings. The first kappa shape index (κ1) is 16.0. The van der Waals surface area contributed by atoms with E-state index >= 15 is 0 Å². The summed E-state index contributed by atoms with van der Waals surface area (Å²) in [7, 11) is 0. The minimum atomic E-state index is -0.159. The van der Waals surface area contributed by atoms with E-state index in [9.17, 15) is 4.79 Å². The van der Waals surface area contributed by atoms with E-state index in [1.54, 1.807) is 17.6 Å². The minimum absolute atomic E-state index is 0.159. The van der Waals surface area contributed by atoms with Crippen molar-refractivity contribution in [1.82, 2.24) is 20.5 Å². The molecule has 3 heterocycles. The second kappa shape index (κ2) is 7.61. The van der Waals surface area contributed by atoms with Crippen molar-refractivity contribution < 1.29 is 9.21 Å². The summed E-state index contributed by atoms with van der Waals surface area (Å²) in [6, 6.07) is 4.22. The third-order valence-corrected chi connectivity index (χ3v) is 4.98. The van der Waals surface area contributed by atoms with E-state index < -0.39 is 0 Å². The lowest BCUT2D eigenvalue weighted by Gasteiger charge is -2.22. The Labute approximate surface area is 139 Å². The Kier molecular flexibility index (Phi) is 5.30. The van der Waals surface area contributed by atoms with Crippen LogP contribution in [0.4, 0.5) is 4.79 Å². The summed E-state index contributed by atoms with van der Waals surface area (Å²) >= 11 is 1.58. The number of amides is 2. The summed E-state index contributed by atoms with van der Waals surface area (Å²) in [5, 5.41) is 7.75. The van der Waals surface area contributed by atoms with Gasteiger partial charge in [0.05, 0.1) is 17.1 Å². The zero-order chi connectivity index (χ0) is 16.1. The van der Waals surface area contributed by atoms with Gasteiger partial charge in [-0.1, -0.05) is 13.0 Å². The average Bonchev–Trinajstić information content (AvgIpc) is 3.31. The molecule has 1 fully saturated rings. The predicted octanol–water partition coefficient (Wildman–Crippen LogP) is 2.69. The van der Waals surface area contributed by atoms with Gasteiger partial charge in [0, 0.05) is 12.6 Å². The molecule has 2 amide bonds. The fraction of sp³-hybridized carbons (Fsp3) is 0.500. The van der Waals surface area contributed by atoms with Crippen LogP contribution in [0.2, 0.25) is 0 Å². The highest BCUT2D eigenvalue weighted by Crippen LogP contribution is 2.23. The van der Waals surface area contributed by atoms with Gasteiger partial charge in [0.15, 0.2) is 0 Å². The molecule has 3 rings (SSSR count). The third kappa shape index (κ3) is 4.11. The first-order valence-electron chi connectivity index (χ1n) is 8.00. The van der Waals surface area contributed by atoms with Gasteiger partial charge in [-0.2, -0.15) is 0 Å². The number of thiophene rings is 1. The smallest absolute Gasteiger partial charge is 0.315 e. The number of nitrogens with zero attached hydrogens (tertiary/aromatic N) is 2. The summed E-state index contributed by atoms with van der Waals surface area (Å²) in [4.78, 5) is 19.7. The monoisotopic (exact) mass is 334 g/mol. The molecule has 0 aromatic carbocycles. The maximum atomic E-state index is 11.9. The number of rotatable bonds is 6. The first-order chi connectivity index (χ1) is 11.3. The van der Waals surface area contributed by atoms with Crippen LogP contribution in [0.3, 0.4) is 0 Å². The number of likely N-dealkylation sites (tertiary alicyclic amines) is 1. The summed E-state index contributed by atoms with van der Waals surface area (Å²) in [6.45, 7) is 5.39. The van der Waals surface area contributed by atoms with Crippen LogP contribution >= 0.6 is 11.3 Å². The molecule has 0 spiro atoms. The number of hydrogen-bond acceptors (Lipinski definition) is 5. The predicted molar refractivity (Wildman–Crippen MR) is 90.3 cm³/mol. The van der Waals surface area contributed by atoms with Crippen molar-refractivity contribution in [3.05, 3.63) is 29.5 Å². The molecule has 0 bridgehead atoms. The van der Waals surface area contributed by atoms with Crippen LogP contribution in [0, 0.1) is 0 Å². The van der Waals surface area contributed by atoms with Gasteiger partial charge in [-0.05, 0) is 37.4 Å². The van der Waals surface area contributed by atoms with Crippen LogP contribution in [0.15, 0.2) is 28.2 Å². The SMILES string of the molecule is CCN1CCCC1CNC(=O)NCc1coc(-c2cccs2)n1. The van der Waals surface area contributed by atoms with E-state index in [2.05, 4.69) is 27.4 Å². The van der Waals surface area contributed by atoms with Gasteiger partial charge in [-0.3, -0.25) is 4.90 Å². The number of aromatic nitrogens is 1. The summed E-state index contributed by atoms with van der Waals surface area (Å²) in [6.07, 6.45) is 3.96. The lowest BCUT2D eigenvalue weighted by Crippen LogP contribution is -2.43. The van der Waals surface area contributed by atoms with Gasteiger partial charge in [-0.15, -0.1) is 11.3 Å². The number of likely N-dealkylation sites (N-methyl/N-ethyl adjacent to an activating group) is 1. The fourth-order valence-electron chi connectivity index (χ4n) is 2.89. The Morgan fingerprint density at radius 3 is 3.22 bits per heavy atom. The van der Waals surface area contributed by atoms with Crippen molar-refractivity contribution >= 4 is 17.4 Å². The topological polar surface area (TPSA) is 70.4 Å². The largest absolute Gasteiger partial charge is 0.443 e. The number of carbonyl (C=O) groups is 1. The maximum Gasteiger partial charge on any atom is 0.315 e. The molecule has 1 atom stereocenters. The first-order valence-corrected chi connectivity index (χ1v) is 8.88. The molecule has 1 unspecified atom stereocenters. The normalized spacial score (nSPS) is 18.2. The van der Waals surface area contributed by atoms with Crippen LogP contribution in [0.5, 0.6) is 0 Å². The molecule has 23 heavy (non-hydrogen) atoms. The van der Waals surface area contributed by atoms with Gasteiger partial charge in [0.25, 0.3) is 0 Å². The second-order valence-corrected chi connectivity index (χ2v) is 6.56. The van der Waals surface area contributed by atoms with E-state index in [1.807, 2.05) is 17.5 Å². The van der Waals surface area contributed by atoms with Gasteiger partial charge >= 0.3 is 6.03 Å². The van der Waals surface area contributed by atoms with Gasteiger partial charge in [0.2, 0.25) is 5.89 Å². The lowest BCUT2D eigenvalue weighted by molar-refractivity contribution is 0.228. The van der Waals surface area contributed by atoms with Crippen LogP contribution in [0.1, 0.15) is 25.5 Å². The number of urea groups is 1. The molecule has 124 valence electrons. The molecule has 0 aliphatic carbocycles. The Hall–Kier alpha value is -1.86. The highest BCUT2D eigenvalue weighted by Gasteiger charge is 2.23. The molecule has 6 nitrogen and oxygen atoms in total. The Morgan fingerprint density at radius 2 is 2.43 bits per heavy atom. The third-order valence-electron chi connectivity index (χ3n) is 4.12. The van der Waals surface area contributed by atoms with Crippen molar-refractivity contribution in [2.75, 3.05) is 19.6 Å². The van der Waals surface area contributed by atoms with E-state index in [1.165, 1.54) is 6.42 Å². The Balaban J connectivity index is 1.42. The summed E-state index contributed by atoms with van der Waals surface area (Å²) in [5.74, 6) is 0.599. The molecule has 1 aliphatic heterocycles. The number of hydrogen-bond donors (Lipinski definition) is 2. The molecular weight excluding hydrogens is 312 g/mol. The maximum absolute atomic E-state index is 11.9. The molecule has 2 N–H and O–H groups in total. The molecule has 1 aliphatic rings.